The monoisotopic (exact) mass is 386 g/mol. The molecule has 0 radical (unpaired) electrons. The normalized spacial score (nSPS) is 15.5. The molecule has 144 valence electrons. The Kier molecular flexibility index (Phi) is 7.13. The smallest absolute Gasteiger partial charge is 0.220 e. The van der Waals surface area contributed by atoms with E-state index in [-0.39, 0.29) is 11.9 Å². The third-order valence-electron chi connectivity index (χ3n) is 5.09. The van der Waals surface area contributed by atoms with E-state index in [1.807, 2.05) is 36.4 Å². The topological polar surface area (TPSA) is 41.6 Å². The number of piperidine rings is 1. The van der Waals surface area contributed by atoms with Crippen molar-refractivity contribution in [3.63, 3.8) is 0 Å². The van der Waals surface area contributed by atoms with E-state index in [4.69, 9.17) is 16.3 Å². The second-order valence-corrected chi connectivity index (χ2v) is 7.49. The van der Waals surface area contributed by atoms with Crippen molar-refractivity contribution in [2.24, 2.45) is 0 Å². The summed E-state index contributed by atoms with van der Waals surface area (Å²) in [6.45, 7) is 2.94. The Balaban J connectivity index is 1.39. The van der Waals surface area contributed by atoms with E-state index in [0.29, 0.717) is 12.8 Å². The summed E-state index contributed by atoms with van der Waals surface area (Å²) in [6.07, 6.45) is 3.18. The van der Waals surface area contributed by atoms with Crippen molar-refractivity contribution >= 4 is 17.5 Å². The number of carbonyl (C=O) groups is 1. The fourth-order valence-electron chi connectivity index (χ4n) is 3.54. The molecule has 0 atom stereocenters. The summed E-state index contributed by atoms with van der Waals surface area (Å²) in [7, 11) is 1.66. The number of rotatable bonds is 7. The summed E-state index contributed by atoms with van der Waals surface area (Å²) >= 11 is 5.94. The maximum atomic E-state index is 12.3. The second-order valence-electron chi connectivity index (χ2n) is 7.06. The van der Waals surface area contributed by atoms with Gasteiger partial charge in [0.1, 0.15) is 5.75 Å². The van der Waals surface area contributed by atoms with Gasteiger partial charge in [-0.25, -0.2) is 0 Å². The van der Waals surface area contributed by atoms with Crippen LogP contribution in [-0.2, 0) is 17.8 Å². The molecule has 1 amide bonds. The number of likely N-dealkylation sites (tertiary alicyclic amines) is 1. The number of hydrogen-bond acceptors (Lipinski definition) is 3. The van der Waals surface area contributed by atoms with E-state index in [2.05, 4.69) is 22.3 Å². The van der Waals surface area contributed by atoms with Gasteiger partial charge in [-0.15, -0.1) is 0 Å². The lowest BCUT2D eigenvalue weighted by Gasteiger charge is -2.32. The molecular weight excluding hydrogens is 360 g/mol. The fraction of sp³-hybridized carbons (Fsp3) is 0.409. The van der Waals surface area contributed by atoms with E-state index in [1.165, 1.54) is 5.56 Å². The molecule has 5 heteroatoms. The number of carbonyl (C=O) groups excluding carboxylic acids is 1. The molecule has 2 aromatic carbocycles. The van der Waals surface area contributed by atoms with Crippen LogP contribution in [0.3, 0.4) is 0 Å². The first-order valence-corrected chi connectivity index (χ1v) is 9.90. The van der Waals surface area contributed by atoms with Gasteiger partial charge in [0, 0.05) is 37.1 Å². The van der Waals surface area contributed by atoms with Crippen molar-refractivity contribution in [3.05, 3.63) is 64.7 Å². The molecule has 2 aromatic rings. The highest BCUT2D eigenvalue weighted by Gasteiger charge is 2.20. The van der Waals surface area contributed by atoms with Crippen LogP contribution in [0.25, 0.3) is 0 Å². The molecule has 3 rings (SSSR count). The molecule has 0 unspecified atom stereocenters. The molecule has 1 aliphatic heterocycles. The zero-order valence-corrected chi connectivity index (χ0v) is 16.5. The van der Waals surface area contributed by atoms with E-state index in [0.717, 1.165) is 48.8 Å². The summed E-state index contributed by atoms with van der Waals surface area (Å²) < 4.78 is 5.35. The highest BCUT2D eigenvalue weighted by Crippen LogP contribution is 2.19. The maximum Gasteiger partial charge on any atom is 0.220 e. The molecule has 0 aliphatic carbocycles. The second kappa shape index (κ2) is 9.77. The number of hydrogen-bond donors (Lipinski definition) is 1. The average Bonchev–Trinajstić information content (AvgIpc) is 2.70. The predicted molar refractivity (Wildman–Crippen MR) is 109 cm³/mol. The molecule has 0 aromatic heterocycles. The number of nitrogens with one attached hydrogen (secondary N) is 1. The maximum absolute atomic E-state index is 12.3. The van der Waals surface area contributed by atoms with Gasteiger partial charge in [-0.2, -0.15) is 0 Å². The lowest BCUT2D eigenvalue weighted by Crippen LogP contribution is -2.44. The largest absolute Gasteiger partial charge is 0.496 e. The molecule has 1 fully saturated rings. The average molecular weight is 387 g/mol. The number of ether oxygens (including phenoxy) is 1. The van der Waals surface area contributed by atoms with Crippen molar-refractivity contribution < 1.29 is 9.53 Å². The van der Waals surface area contributed by atoms with Crippen LogP contribution in [0.15, 0.2) is 48.5 Å². The molecule has 1 saturated heterocycles. The Bertz CT molecular complexity index is 740. The van der Waals surface area contributed by atoms with Crippen molar-refractivity contribution in [2.45, 2.75) is 38.3 Å². The SMILES string of the molecule is COc1ccccc1CCC(=O)NC1CCN(Cc2ccc(Cl)cc2)CC1. The first kappa shape index (κ1) is 19.7. The molecule has 4 nitrogen and oxygen atoms in total. The first-order valence-electron chi connectivity index (χ1n) is 9.52. The van der Waals surface area contributed by atoms with Crippen LogP contribution in [0.4, 0.5) is 0 Å². The molecule has 27 heavy (non-hydrogen) atoms. The van der Waals surface area contributed by atoms with Crippen molar-refractivity contribution in [2.75, 3.05) is 20.2 Å². The van der Waals surface area contributed by atoms with Crippen LogP contribution >= 0.6 is 11.6 Å². The van der Waals surface area contributed by atoms with Crippen LogP contribution < -0.4 is 10.1 Å². The number of benzene rings is 2. The molecule has 1 heterocycles. The quantitative estimate of drug-likeness (QED) is 0.780. The summed E-state index contributed by atoms with van der Waals surface area (Å²) in [6, 6.07) is 16.2. The lowest BCUT2D eigenvalue weighted by molar-refractivity contribution is -0.122. The van der Waals surface area contributed by atoms with Gasteiger partial charge in [-0.05, 0) is 48.6 Å². The lowest BCUT2D eigenvalue weighted by atomic mass is 10.0. The standard InChI is InChI=1S/C22H27ClN2O2/c1-27-21-5-3-2-4-18(21)8-11-22(26)24-20-12-14-25(15-13-20)16-17-6-9-19(23)10-7-17/h2-7,9-10,20H,8,11-16H2,1H3,(H,24,26). The molecule has 0 spiro atoms. The number of amides is 1. The zero-order valence-electron chi connectivity index (χ0n) is 15.8. The van der Waals surface area contributed by atoms with Crippen LogP contribution in [0.1, 0.15) is 30.4 Å². The molecule has 0 saturated carbocycles. The predicted octanol–water partition coefficient (Wildman–Crippen LogP) is 4.06. The first-order chi connectivity index (χ1) is 13.1. The van der Waals surface area contributed by atoms with E-state index >= 15 is 0 Å². The van der Waals surface area contributed by atoms with E-state index in [9.17, 15) is 4.79 Å². The Morgan fingerprint density at radius 3 is 2.56 bits per heavy atom. The van der Waals surface area contributed by atoms with Crippen LogP contribution in [0, 0.1) is 0 Å². The Hall–Kier alpha value is -2.04. The minimum absolute atomic E-state index is 0.122. The van der Waals surface area contributed by atoms with Crippen molar-refractivity contribution in [1.82, 2.24) is 10.2 Å². The van der Waals surface area contributed by atoms with Gasteiger partial charge in [0.15, 0.2) is 0 Å². The number of methoxy groups -OCH3 is 1. The fourth-order valence-corrected chi connectivity index (χ4v) is 3.67. The molecule has 0 bridgehead atoms. The number of nitrogens with zero attached hydrogens (tertiary/aromatic N) is 1. The van der Waals surface area contributed by atoms with Gasteiger partial charge in [-0.1, -0.05) is 41.9 Å². The van der Waals surface area contributed by atoms with Crippen molar-refractivity contribution in [3.8, 4) is 5.75 Å². The number of aryl methyl sites for hydroxylation is 1. The van der Waals surface area contributed by atoms with Gasteiger partial charge in [0.2, 0.25) is 5.91 Å². The minimum Gasteiger partial charge on any atom is -0.496 e. The molecular formula is C22H27ClN2O2. The van der Waals surface area contributed by atoms with E-state index in [1.54, 1.807) is 7.11 Å². The molecule has 1 N–H and O–H groups in total. The van der Waals surface area contributed by atoms with E-state index < -0.39 is 0 Å². The Labute approximate surface area is 166 Å². The minimum atomic E-state index is 0.122. The summed E-state index contributed by atoms with van der Waals surface area (Å²) in [4.78, 5) is 14.7. The van der Waals surface area contributed by atoms with Crippen molar-refractivity contribution in [1.29, 1.82) is 0 Å². The van der Waals surface area contributed by atoms with Gasteiger partial charge in [0.05, 0.1) is 7.11 Å². The highest BCUT2D eigenvalue weighted by atomic mass is 35.5. The van der Waals surface area contributed by atoms with Crippen LogP contribution in [-0.4, -0.2) is 37.0 Å². The molecule has 1 aliphatic rings. The third kappa shape index (κ3) is 5.98. The number of halogens is 1. The zero-order chi connectivity index (χ0) is 19.1. The van der Waals surface area contributed by atoms with Crippen LogP contribution in [0.5, 0.6) is 5.75 Å². The summed E-state index contributed by atoms with van der Waals surface area (Å²) in [5.74, 6) is 0.970. The summed E-state index contributed by atoms with van der Waals surface area (Å²) in [5.41, 5.74) is 2.35. The highest BCUT2D eigenvalue weighted by molar-refractivity contribution is 6.30. The van der Waals surface area contributed by atoms with Gasteiger partial charge >= 0.3 is 0 Å². The Morgan fingerprint density at radius 2 is 1.85 bits per heavy atom. The van der Waals surface area contributed by atoms with Gasteiger partial charge in [-0.3, -0.25) is 9.69 Å². The third-order valence-corrected chi connectivity index (χ3v) is 5.34. The Morgan fingerprint density at radius 1 is 1.15 bits per heavy atom. The number of para-hydroxylation sites is 1. The van der Waals surface area contributed by atoms with Gasteiger partial charge in [0.25, 0.3) is 0 Å². The van der Waals surface area contributed by atoms with Gasteiger partial charge < -0.3 is 10.1 Å². The van der Waals surface area contributed by atoms with Crippen LogP contribution in [0.2, 0.25) is 5.02 Å². The summed E-state index contributed by atoms with van der Waals surface area (Å²) in [5, 5.41) is 3.97.